The predicted octanol–water partition coefficient (Wildman–Crippen LogP) is 4.93. The van der Waals surface area contributed by atoms with Crippen molar-refractivity contribution in [3.8, 4) is 0 Å². The van der Waals surface area contributed by atoms with Crippen LogP contribution in [-0.2, 0) is 4.79 Å². The number of unbranched alkanes of at least 4 members (excludes halogenated alkanes) is 1. The number of rotatable bonds is 7. The average molecular weight is 339 g/mol. The van der Waals surface area contributed by atoms with Crippen LogP contribution in [0.2, 0.25) is 5.02 Å². The zero-order valence-corrected chi connectivity index (χ0v) is 14.2. The minimum atomic E-state index is -0.185. The lowest BCUT2D eigenvalue weighted by Gasteiger charge is -2.15. The Morgan fingerprint density at radius 1 is 1.45 bits per heavy atom. The van der Waals surface area contributed by atoms with E-state index in [0.29, 0.717) is 16.6 Å². The molecule has 1 N–H and O–H groups in total. The third kappa shape index (κ3) is 5.07. The number of hydrogen-bond acceptors (Lipinski definition) is 4. The van der Waals surface area contributed by atoms with Gasteiger partial charge in [-0.1, -0.05) is 42.6 Å². The van der Waals surface area contributed by atoms with Crippen LogP contribution in [0, 0.1) is 6.92 Å². The Balaban J connectivity index is 2.05. The highest BCUT2D eigenvalue weighted by atomic mass is 35.5. The van der Waals surface area contributed by atoms with Crippen molar-refractivity contribution in [2.45, 2.75) is 43.3 Å². The van der Waals surface area contributed by atoms with Crippen LogP contribution in [0.5, 0.6) is 0 Å². The SMILES string of the molecule is CCCCC(Sc1cccc(Cl)c1)C(=O)Nc1cc(C)on1. The van der Waals surface area contributed by atoms with E-state index >= 15 is 0 Å². The van der Waals surface area contributed by atoms with Crippen molar-refractivity contribution in [3.63, 3.8) is 0 Å². The quantitative estimate of drug-likeness (QED) is 0.727. The molecule has 0 aliphatic rings. The maximum Gasteiger partial charge on any atom is 0.239 e. The maximum atomic E-state index is 12.5. The molecule has 0 saturated heterocycles. The van der Waals surface area contributed by atoms with Gasteiger partial charge < -0.3 is 9.84 Å². The van der Waals surface area contributed by atoms with Crippen LogP contribution >= 0.6 is 23.4 Å². The fourth-order valence-corrected chi connectivity index (χ4v) is 3.36. The molecule has 0 saturated carbocycles. The molecule has 1 aromatic heterocycles. The standard InChI is InChI=1S/C16H19ClN2O2S/c1-3-4-8-14(22-13-7-5-6-12(17)10-13)16(20)18-15-9-11(2)21-19-15/h5-7,9-10,14H,3-4,8H2,1-2H3,(H,18,19,20). The number of aryl methyl sites for hydroxylation is 1. The summed E-state index contributed by atoms with van der Waals surface area (Å²) in [5, 5.41) is 7.10. The largest absolute Gasteiger partial charge is 0.360 e. The van der Waals surface area contributed by atoms with Gasteiger partial charge in [0, 0.05) is 16.0 Å². The zero-order chi connectivity index (χ0) is 15.9. The first-order valence-corrected chi connectivity index (χ1v) is 8.50. The molecule has 118 valence electrons. The van der Waals surface area contributed by atoms with Crippen molar-refractivity contribution < 1.29 is 9.32 Å². The van der Waals surface area contributed by atoms with Crippen molar-refractivity contribution >= 4 is 35.1 Å². The van der Waals surface area contributed by atoms with Crippen LogP contribution in [0.3, 0.4) is 0 Å². The number of carbonyl (C=O) groups is 1. The Labute approximate surface area is 139 Å². The van der Waals surface area contributed by atoms with Gasteiger partial charge in [0.2, 0.25) is 5.91 Å². The minimum Gasteiger partial charge on any atom is -0.360 e. The Morgan fingerprint density at radius 2 is 2.27 bits per heavy atom. The summed E-state index contributed by atoms with van der Waals surface area (Å²) >= 11 is 7.53. The van der Waals surface area contributed by atoms with Crippen LogP contribution in [0.1, 0.15) is 31.9 Å². The van der Waals surface area contributed by atoms with Crippen molar-refractivity contribution in [2.24, 2.45) is 0 Å². The van der Waals surface area contributed by atoms with E-state index in [2.05, 4.69) is 17.4 Å². The highest BCUT2D eigenvalue weighted by Gasteiger charge is 2.20. The molecule has 2 rings (SSSR count). The van der Waals surface area contributed by atoms with Crippen LogP contribution in [0.4, 0.5) is 5.82 Å². The van der Waals surface area contributed by atoms with Gasteiger partial charge in [0.25, 0.3) is 0 Å². The number of benzene rings is 1. The summed E-state index contributed by atoms with van der Waals surface area (Å²) in [6.45, 7) is 3.90. The van der Waals surface area contributed by atoms with E-state index in [1.54, 1.807) is 13.0 Å². The second-order valence-electron chi connectivity index (χ2n) is 5.02. The molecule has 0 bridgehead atoms. The summed E-state index contributed by atoms with van der Waals surface area (Å²) in [4.78, 5) is 13.5. The van der Waals surface area contributed by atoms with Crippen molar-refractivity contribution in [2.75, 3.05) is 5.32 Å². The third-order valence-corrected chi connectivity index (χ3v) is 4.56. The Hall–Kier alpha value is -1.46. The second kappa shape index (κ2) is 8.25. The number of carbonyl (C=O) groups excluding carboxylic acids is 1. The number of halogens is 1. The summed E-state index contributed by atoms with van der Waals surface area (Å²) in [5.74, 6) is 1.06. The summed E-state index contributed by atoms with van der Waals surface area (Å²) in [6, 6.07) is 9.26. The van der Waals surface area contributed by atoms with E-state index in [1.807, 2.05) is 24.3 Å². The number of nitrogens with one attached hydrogen (secondary N) is 1. The molecule has 22 heavy (non-hydrogen) atoms. The van der Waals surface area contributed by atoms with Gasteiger partial charge >= 0.3 is 0 Å². The number of amides is 1. The first kappa shape index (κ1) is 16.9. The van der Waals surface area contributed by atoms with E-state index in [-0.39, 0.29) is 11.2 Å². The summed E-state index contributed by atoms with van der Waals surface area (Å²) in [6.07, 6.45) is 2.84. The number of thioether (sulfide) groups is 1. The van der Waals surface area contributed by atoms with Gasteiger partial charge in [-0.25, -0.2) is 0 Å². The molecule has 1 unspecified atom stereocenters. The van der Waals surface area contributed by atoms with Crippen molar-refractivity contribution in [1.82, 2.24) is 5.16 Å². The Bertz CT molecular complexity index is 630. The molecule has 2 aromatic rings. The first-order chi connectivity index (χ1) is 10.6. The van der Waals surface area contributed by atoms with Gasteiger partial charge in [0.1, 0.15) is 5.76 Å². The third-order valence-electron chi connectivity index (χ3n) is 3.07. The van der Waals surface area contributed by atoms with Crippen LogP contribution in [-0.4, -0.2) is 16.3 Å². The van der Waals surface area contributed by atoms with E-state index in [1.165, 1.54) is 11.8 Å². The second-order valence-corrected chi connectivity index (χ2v) is 6.73. The van der Waals surface area contributed by atoms with Gasteiger partial charge in [0.05, 0.1) is 5.25 Å². The lowest BCUT2D eigenvalue weighted by Crippen LogP contribution is -2.25. The predicted molar refractivity (Wildman–Crippen MR) is 90.5 cm³/mol. The number of anilines is 1. The van der Waals surface area contributed by atoms with Crippen LogP contribution < -0.4 is 5.32 Å². The molecule has 1 amide bonds. The zero-order valence-electron chi connectivity index (χ0n) is 12.6. The Kier molecular flexibility index (Phi) is 6.34. The molecule has 6 heteroatoms. The maximum absolute atomic E-state index is 12.5. The van der Waals surface area contributed by atoms with Crippen molar-refractivity contribution in [3.05, 3.63) is 41.1 Å². The van der Waals surface area contributed by atoms with Gasteiger partial charge in [-0.05, 0) is 31.5 Å². The van der Waals surface area contributed by atoms with Crippen LogP contribution in [0.15, 0.2) is 39.8 Å². The van der Waals surface area contributed by atoms with Gasteiger partial charge in [0.15, 0.2) is 5.82 Å². The van der Waals surface area contributed by atoms with Gasteiger partial charge in [-0.2, -0.15) is 0 Å². The van der Waals surface area contributed by atoms with E-state index in [0.717, 1.165) is 24.2 Å². The Morgan fingerprint density at radius 3 is 2.91 bits per heavy atom. The van der Waals surface area contributed by atoms with E-state index in [4.69, 9.17) is 16.1 Å². The van der Waals surface area contributed by atoms with Crippen LogP contribution in [0.25, 0.3) is 0 Å². The monoisotopic (exact) mass is 338 g/mol. The molecule has 0 fully saturated rings. The smallest absolute Gasteiger partial charge is 0.239 e. The highest BCUT2D eigenvalue weighted by molar-refractivity contribution is 8.00. The van der Waals surface area contributed by atoms with E-state index < -0.39 is 0 Å². The molecule has 0 aliphatic carbocycles. The van der Waals surface area contributed by atoms with Crippen molar-refractivity contribution in [1.29, 1.82) is 0 Å². The fraction of sp³-hybridized carbons (Fsp3) is 0.375. The highest BCUT2D eigenvalue weighted by Crippen LogP contribution is 2.29. The number of hydrogen-bond donors (Lipinski definition) is 1. The number of aromatic nitrogens is 1. The molecule has 0 radical (unpaired) electrons. The lowest BCUT2D eigenvalue weighted by molar-refractivity contribution is -0.115. The molecule has 0 aliphatic heterocycles. The minimum absolute atomic E-state index is 0.0632. The van der Waals surface area contributed by atoms with Gasteiger partial charge in [-0.15, -0.1) is 11.8 Å². The average Bonchev–Trinajstić information content (AvgIpc) is 2.88. The molecule has 0 spiro atoms. The topological polar surface area (TPSA) is 55.1 Å². The fourth-order valence-electron chi connectivity index (χ4n) is 1.97. The molecule has 4 nitrogen and oxygen atoms in total. The summed E-state index contributed by atoms with van der Waals surface area (Å²) < 4.78 is 4.97. The first-order valence-electron chi connectivity index (χ1n) is 7.25. The van der Waals surface area contributed by atoms with Gasteiger partial charge in [-0.3, -0.25) is 4.79 Å². The lowest BCUT2D eigenvalue weighted by atomic mass is 10.2. The molecule has 1 heterocycles. The summed E-state index contributed by atoms with van der Waals surface area (Å²) in [7, 11) is 0. The number of nitrogens with zero attached hydrogens (tertiary/aromatic N) is 1. The molecule has 1 aromatic carbocycles. The normalized spacial score (nSPS) is 12.1. The summed E-state index contributed by atoms with van der Waals surface area (Å²) in [5.41, 5.74) is 0. The van der Waals surface area contributed by atoms with E-state index in [9.17, 15) is 4.79 Å². The molecular weight excluding hydrogens is 320 g/mol. The molecule has 1 atom stereocenters. The molecular formula is C16H19ClN2O2S.